The molecule has 0 saturated carbocycles. The van der Waals surface area contributed by atoms with Crippen molar-refractivity contribution in [1.29, 1.82) is 0 Å². The molecule has 0 aliphatic heterocycles. The van der Waals surface area contributed by atoms with Gasteiger partial charge in [0.25, 0.3) is 0 Å². The number of nitrogen functional groups attached to an aromatic ring is 1. The first-order chi connectivity index (χ1) is 6.86. The summed E-state index contributed by atoms with van der Waals surface area (Å²) in [5, 5.41) is 3.58. The lowest BCUT2D eigenvalue weighted by Gasteiger charge is -1.90. The molecule has 0 spiro atoms. The summed E-state index contributed by atoms with van der Waals surface area (Å²) in [6.45, 7) is 0. The van der Waals surface area contributed by atoms with Crippen LogP contribution in [0.2, 0.25) is 0 Å². The Balaban J connectivity index is 2.20. The molecule has 0 unspecified atom stereocenters. The van der Waals surface area contributed by atoms with Gasteiger partial charge in [-0.1, -0.05) is 41.6 Å². The first-order valence-corrected chi connectivity index (χ1v) is 4.29. The molecule has 3 nitrogen and oxygen atoms in total. The highest BCUT2D eigenvalue weighted by atomic mass is 16.5. The van der Waals surface area contributed by atoms with Crippen molar-refractivity contribution in [3.05, 3.63) is 47.9 Å². The van der Waals surface area contributed by atoms with Crippen molar-refractivity contribution < 1.29 is 4.52 Å². The van der Waals surface area contributed by atoms with Crippen molar-refractivity contribution in [2.24, 2.45) is 0 Å². The minimum atomic E-state index is 0.553. The van der Waals surface area contributed by atoms with E-state index in [0.717, 1.165) is 5.56 Å². The van der Waals surface area contributed by atoms with Crippen LogP contribution in [0.15, 0.2) is 41.1 Å². The quantitative estimate of drug-likeness (QED) is 0.783. The number of aromatic nitrogens is 1. The molecular weight excluding hydrogens is 176 g/mol. The highest BCUT2D eigenvalue weighted by molar-refractivity contribution is 5.72. The van der Waals surface area contributed by atoms with Gasteiger partial charge in [-0.15, -0.1) is 0 Å². The maximum absolute atomic E-state index is 5.60. The number of rotatable bonds is 2. The third-order valence-corrected chi connectivity index (χ3v) is 1.85. The molecular formula is C11H10N2O. The minimum absolute atomic E-state index is 0.553. The first kappa shape index (κ1) is 8.56. The summed E-state index contributed by atoms with van der Waals surface area (Å²) in [7, 11) is 0. The lowest BCUT2D eigenvalue weighted by Crippen LogP contribution is -1.81. The first-order valence-electron chi connectivity index (χ1n) is 4.29. The lowest BCUT2D eigenvalue weighted by atomic mass is 10.2. The van der Waals surface area contributed by atoms with Crippen LogP contribution >= 0.6 is 0 Å². The van der Waals surface area contributed by atoms with Crippen LogP contribution < -0.4 is 5.73 Å². The summed E-state index contributed by atoms with van der Waals surface area (Å²) in [6.07, 6.45) is 5.22. The molecule has 2 N–H and O–H groups in total. The van der Waals surface area contributed by atoms with E-state index in [1.54, 1.807) is 6.08 Å². The maximum atomic E-state index is 5.60. The third-order valence-electron chi connectivity index (χ3n) is 1.85. The second-order valence-electron chi connectivity index (χ2n) is 2.89. The van der Waals surface area contributed by atoms with E-state index in [4.69, 9.17) is 10.3 Å². The molecule has 1 aromatic heterocycles. The van der Waals surface area contributed by atoms with Crippen LogP contribution in [0.1, 0.15) is 11.3 Å². The molecule has 2 rings (SSSR count). The van der Waals surface area contributed by atoms with Gasteiger partial charge in [-0.2, -0.15) is 0 Å². The molecule has 3 heteroatoms. The Kier molecular flexibility index (Phi) is 2.32. The molecule has 0 bridgehead atoms. The zero-order chi connectivity index (χ0) is 9.80. The fourth-order valence-corrected chi connectivity index (χ4v) is 1.12. The Hall–Kier alpha value is -2.03. The van der Waals surface area contributed by atoms with Gasteiger partial charge in [0.1, 0.15) is 0 Å². The normalized spacial score (nSPS) is 10.9. The molecule has 0 saturated heterocycles. The Bertz CT molecular complexity index is 432. The molecule has 14 heavy (non-hydrogen) atoms. The Labute approximate surface area is 81.8 Å². The zero-order valence-electron chi connectivity index (χ0n) is 7.55. The van der Waals surface area contributed by atoms with Crippen LogP contribution in [0.5, 0.6) is 0 Å². The highest BCUT2D eigenvalue weighted by Gasteiger charge is 1.97. The van der Waals surface area contributed by atoms with Crippen molar-refractivity contribution in [2.45, 2.75) is 0 Å². The molecule has 0 atom stereocenters. The maximum Gasteiger partial charge on any atom is 0.182 e. The van der Waals surface area contributed by atoms with Gasteiger partial charge in [0, 0.05) is 0 Å². The molecule has 0 amide bonds. The van der Waals surface area contributed by atoms with Gasteiger partial charge in [0.2, 0.25) is 0 Å². The molecule has 0 radical (unpaired) electrons. The van der Waals surface area contributed by atoms with Gasteiger partial charge in [-0.05, 0) is 11.6 Å². The number of anilines is 1. The second kappa shape index (κ2) is 3.79. The molecule has 1 aromatic carbocycles. The second-order valence-corrected chi connectivity index (χ2v) is 2.89. The van der Waals surface area contributed by atoms with Crippen LogP contribution in [0.3, 0.4) is 0 Å². The van der Waals surface area contributed by atoms with E-state index in [2.05, 4.69) is 5.16 Å². The van der Waals surface area contributed by atoms with E-state index in [1.807, 2.05) is 36.4 Å². The number of benzene rings is 1. The van der Waals surface area contributed by atoms with Crippen LogP contribution in [0.4, 0.5) is 5.69 Å². The summed E-state index contributed by atoms with van der Waals surface area (Å²) >= 11 is 0. The molecule has 70 valence electrons. The molecule has 0 aliphatic carbocycles. The van der Waals surface area contributed by atoms with Gasteiger partial charge < -0.3 is 10.3 Å². The topological polar surface area (TPSA) is 52.0 Å². The van der Waals surface area contributed by atoms with Crippen LogP contribution in [-0.2, 0) is 0 Å². The average molecular weight is 186 g/mol. The lowest BCUT2D eigenvalue weighted by molar-refractivity contribution is 0.413. The number of nitrogens with two attached hydrogens (primary N) is 1. The van der Waals surface area contributed by atoms with E-state index in [-0.39, 0.29) is 0 Å². The fourth-order valence-electron chi connectivity index (χ4n) is 1.12. The Morgan fingerprint density at radius 3 is 2.57 bits per heavy atom. The van der Waals surface area contributed by atoms with Gasteiger partial charge in [0.05, 0.1) is 11.9 Å². The number of nitrogens with zero attached hydrogens (tertiary/aromatic N) is 1. The highest BCUT2D eigenvalue weighted by Crippen LogP contribution is 2.13. The van der Waals surface area contributed by atoms with Gasteiger partial charge in [0.15, 0.2) is 5.76 Å². The molecule has 1 heterocycles. The smallest absolute Gasteiger partial charge is 0.182 e. The van der Waals surface area contributed by atoms with Crippen LogP contribution in [-0.4, -0.2) is 5.16 Å². The summed E-state index contributed by atoms with van der Waals surface area (Å²) < 4.78 is 4.92. The molecule has 2 aromatic rings. The Morgan fingerprint density at radius 1 is 1.14 bits per heavy atom. The molecule has 0 fully saturated rings. The zero-order valence-corrected chi connectivity index (χ0v) is 7.55. The van der Waals surface area contributed by atoms with E-state index < -0.39 is 0 Å². The number of hydrogen-bond acceptors (Lipinski definition) is 3. The Morgan fingerprint density at radius 2 is 1.93 bits per heavy atom. The standard InChI is InChI=1S/C11H10N2O/c12-10-8-13-14-11(10)7-6-9-4-2-1-3-5-9/h1-8H,12H2/b7-6+. The summed E-state index contributed by atoms with van der Waals surface area (Å²) in [6, 6.07) is 9.93. The minimum Gasteiger partial charge on any atom is -0.394 e. The third kappa shape index (κ3) is 1.82. The van der Waals surface area contributed by atoms with Gasteiger partial charge in [-0.3, -0.25) is 0 Å². The van der Waals surface area contributed by atoms with Crippen molar-refractivity contribution in [3.63, 3.8) is 0 Å². The summed E-state index contributed by atoms with van der Waals surface area (Å²) in [5.74, 6) is 0.592. The van der Waals surface area contributed by atoms with E-state index in [1.165, 1.54) is 6.20 Å². The van der Waals surface area contributed by atoms with E-state index in [9.17, 15) is 0 Å². The van der Waals surface area contributed by atoms with E-state index in [0.29, 0.717) is 11.4 Å². The van der Waals surface area contributed by atoms with E-state index >= 15 is 0 Å². The number of hydrogen-bond donors (Lipinski definition) is 1. The van der Waals surface area contributed by atoms with Crippen molar-refractivity contribution in [2.75, 3.05) is 5.73 Å². The largest absolute Gasteiger partial charge is 0.394 e. The van der Waals surface area contributed by atoms with Crippen LogP contribution in [0.25, 0.3) is 12.2 Å². The SMILES string of the molecule is Nc1cnoc1/C=C/c1ccccc1. The van der Waals surface area contributed by atoms with Crippen molar-refractivity contribution >= 4 is 17.8 Å². The van der Waals surface area contributed by atoms with Gasteiger partial charge in [-0.25, -0.2) is 0 Å². The van der Waals surface area contributed by atoms with Crippen LogP contribution in [0, 0.1) is 0 Å². The predicted octanol–water partition coefficient (Wildman–Crippen LogP) is 2.43. The predicted molar refractivity (Wildman–Crippen MR) is 56.3 cm³/mol. The van der Waals surface area contributed by atoms with Crippen molar-refractivity contribution in [1.82, 2.24) is 5.16 Å². The monoisotopic (exact) mass is 186 g/mol. The molecule has 0 aliphatic rings. The van der Waals surface area contributed by atoms with Crippen molar-refractivity contribution in [3.8, 4) is 0 Å². The summed E-state index contributed by atoms with van der Waals surface area (Å²) in [4.78, 5) is 0. The summed E-state index contributed by atoms with van der Waals surface area (Å²) in [5.41, 5.74) is 7.25. The fraction of sp³-hybridized carbons (Fsp3) is 0. The average Bonchev–Trinajstić information content (AvgIpc) is 2.63. The van der Waals surface area contributed by atoms with Gasteiger partial charge >= 0.3 is 0 Å².